The number of rotatable bonds is 4. The van der Waals surface area contributed by atoms with Gasteiger partial charge in [0.15, 0.2) is 0 Å². The van der Waals surface area contributed by atoms with Crippen molar-refractivity contribution in [3.63, 3.8) is 0 Å². The van der Waals surface area contributed by atoms with Crippen LogP contribution in [0, 0.1) is 6.07 Å². The van der Waals surface area contributed by atoms with E-state index in [9.17, 15) is 0 Å². The Balaban J connectivity index is 1.67. The van der Waals surface area contributed by atoms with Crippen molar-refractivity contribution in [3.05, 3.63) is 78.6 Å². The van der Waals surface area contributed by atoms with Gasteiger partial charge in [0.2, 0.25) is 0 Å². The molecule has 0 fully saturated rings. The van der Waals surface area contributed by atoms with E-state index in [0.717, 1.165) is 17.0 Å². The van der Waals surface area contributed by atoms with Crippen molar-refractivity contribution in [2.24, 2.45) is 0 Å². The fourth-order valence-electron chi connectivity index (χ4n) is 1.80. The third kappa shape index (κ3) is 2.83. The van der Waals surface area contributed by atoms with E-state index in [4.69, 9.17) is 4.74 Å². The Morgan fingerprint density at radius 1 is 1.11 bits per heavy atom. The lowest BCUT2D eigenvalue weighted by Crippen LogP contribution is -1.97. The van der Waals surface area contributed by atoms with Crippen molar-refractivity contribution in [2.45, 2.75) is 6.61 Å². The van der Waals surface area contributed by atoms with Crippen molar-refractivity contribution in [1.29, 1.82) is 0 Å². The summed E-state index contributed by atoms with van der Waals surface area (Å²) in [6.45, 7) is 0.553. The van der Waals surface area contributed by atoms with Crippen LogP contribution < -0.4 is 4.74 Å². The van der Waals surface area contributed by atoms with Gasteiger partial charge in [-0.15, -0.1) is 0 Å². The van der Waals surface area contributed by atoms with Crippen LogP contribution in [0.4, 0.5) is 0 Å². The smallest absolute Gasteiger partial charge is 0.120 e. The number of benzene rings is 2. The Morgan fingerprint density at radius 2 is 2.00 bits per heavy atom. The summed E-state index contributed by atoms with van der Waals surface area (Å²) < 4.78 is 7.50. The van der Waals surface area contributed by atoms with Gasteiger partial charge in [-0.25, -0.2) is 4.68 Å². The fraction of sp³-hybridized carbons (Fsp3) is 0.0625. The Morgan fingerprint density at radius 3 is 2.68 bits per heavy atom. The summed E-state index contributed by atoms with van der Waals surface area (Å²) in [4.78, 5) is 0. The molecule has 0 amide bonds. The lowest BCUT2D eigenvalue weighted by molar-refractivity contribution is 0.306. The van der Waals surface area contributed by atoms with Gasteiger partial charge in [0.1, 0.15) is 12.4 Å². The third-order valence-electron chi connectivity index (χ3n) is 2.79. The molecule has 0 aliphatic heterocycles. The van der Waals surface area contributed by atoms with Gasteiger partial charge >= 0.3 is 0 Å². The van der Waals surface area contributed by atoms with Crippen LogP contribution in [0.15, 0.2) is 67.0 Å². The van der Waals surface area contributed by atoms with Crippen LogP contribution >= 0.6 is 0 Å². The summed E-state index contributed by atoms with van der Waals surface area (Å²) in [5.74, 6) is 0.832. The maximum absolute atomic E-state index is 5.67. The summed E-state index contributed by atoms with van der Waals surface area (Å²) in [6.07, 6.45) is 3.69. The zero-order valence-electron chi connectivity index (χ0n) is 10.4. The molecule has 3 rings (SSSR count). The van der Waals surface area contributed by atoms with Crippen molar-refractivity contribution in [2.75, 3.05) is 0 Å². The molecule has 3 heteroatoms. The third-order valence-corrected chi connectivity index (χ3v) is 2.79. The van der Waals surface area contributed by atoms with Crippen molar-refractivity contribution in [3.8, 4) is 11.4 Å². The fourth-order valence-corrected chi connectivity index (χ4v) is 1.80. The molecule has 0 saturated heterocycles. The lowest BCUT2D eigenvalue weighted by atomic mass is 10.2. The second-order valence-electron chi connectivity index (χ2n) is 4.14. The Bertz CT molecular complexity index is 616. The van der Waals surface area contributed by atoms with Crippen molar-refractivity contribution < 1.29 is 4.74 Å². The molecule has 3 aromatic rings. The van der Waals surface area contributed by atoms with Crippen LogP contribution in [-0.2, 0) is 6.61 Å². The molecule has 0 bridgehead atoms. The highest BCUT2D eigenvalue weighted by Gasteiger charge is 1.98. The maximum Gasteiger partial charge on any atom is 0.120 e. The van der Waals surface area contributed by atoms with Gasteiger partial charge in [-0.2, -0.15) is 5.10 Å². The monoisotopic (exact) mass is 249 g/mol. The first-order valence-corrected chi connectivity index (χ1v) is 6.10. The second kappa shape index (κ2) is 5.40. The number of ether oxygens (including phenoxy) is 1. The lowest BCUT2D eigenvalue weighted by Gasteiger charge is -2.07. The van der Waals surface area contributed by atoms with Crippen LogP contribution in [0.25, 0.3) is 5.69 Å². The molecular formula is C16H13N2O. The van der Waals surface area contributed by atoms with Gasteiger partial charge < -0.3 is 4.74 Å². The SMILES string of the molecule is [c]1cccc(OCc2ccc(-n3cccn3)cc2)c1. The van der Waals surface area contributed by atoms with Crippen LogP contribution in [0.2, 0.25) is 0 Å². The summed E-state index contributed by atoms with van der Waals surface area (Å²) in [7, 11) is 0. The molecule has 19 heavy (non-hydrogen) atoms. The molecule has 0 aliphatic carbocycles. The van der Waals surface area contributed by atoms with Gasteiger partial charge in [0.25, 0.3) is 0 Å². The molecule has 0 N–H and O–H groups in total. The van der Waals surface area contributed by atoms with E-state index >= 15 is 0 Å². The van der Waals surface area contributed by atoms with Crippen molar-refractivity contribution in [1.82, 2.24) is 9.78 Å². The van der Waals surface area contributed by atoms with Crippen LogP contribution in [0.5, 0.6) is 5.75 Å². The van der Waals surface area contributed by atoms with Gasteiger partial charge in [-0.3, -0.25) is 0 Å². The van der Waals surface area contributed by atoms with Crippen molar-refractivity contribution >= 4 is 0 Å². The number of aromatic nitrogens is 2. The van der Waals surface area contributed by atoms with Gasteiger partial charge in [0, 0.05) is 12.4 Å². The zero-order valence-corrected chi connectivity index (χ0v) is 10.4. The highest BCUT2D eigenvalue weighted by Crippen LogP contribution is 2.13. The van der Waals surface area contributed by atoms with E-state index in [1.54, 1.807) is 6.20 Å². The van der Waals surface area contributed by atoms with E-state index in [-0.39, 0.29) is 0 Å². The predicted octanol–water partition coefficient (Wildman–Crippen LogP) is 3.25. The quantitative estimate of drug-likeness (QED) is 0.709. The molecule has 1 aromatic heterocycles. The van der Waals surface area contributed by atoms with E-state index in [2.05, 4.69) is 11.2 Å². The number of hydrogen-bond donors (Lipinski definition) is 0. The Labute approximate surface area is 112 Å². The zero-order chi connectivity index (χ0) is 12.9. The minimum absolute atomic E-state index is 0.553. The summed E-state index contributed by atoms with van der Waals surface area (Å²) in [6, 6.07) is 20.6. The molecule has 3 nitrogen and oxygen atoms in total. The van der Waals surface area contributed by atoms with E-state index in [1.165, 1.54) is 0 Å². The second-order valence-corrected chi connectivity index (χ2v) is 4.14. The minimum Gasteiger partial charge on any atom is -0.489 e. The molecular weight excluding hydrogens is 236 g/mol. The highest BCUT2D eigenvalue weighted by molar-refractivity contribution is 5.33. The molecule has 0 unspecified atom stereocenters. The Kier molecular flexibility index (Phi) is 3.28. The largest absolute Gasteiger partial charge is 0.489 e. The minimum atomic E-state index is 0.553. The van der Waals surface area contributed by atoms with E-state index in [1.807, 2.05) is 65.5 Å². The predicted molar refractivity (Wildman–Crippen MR) is 73.2 cm³/mol. The van der Waals surface area contributed by atoms with Crippen LogP contribution in [0.3, 0.4) is 0 Å². The van der Waals surface area contributed by atoms with Gasteiger partial charge in [-0.1, -0.05) is 24.3 Å². The van der Waals surface area contributed by atoms with Crippen LogP contribution in [0.1, 0.15) is 5.56 Å². The maximum atomic E-state index is 5.67. The first kappa shape index (κ1) is 11.5. The molecule has 0 saturated carbocycles. The molecule has 0 spiro atoms. The van der Waals surface area contributed by atoms with Gasteiger partial charge in [0.05, 0.1) is 5.69 Å². The number of nitrogens with zero attached hydrogens (tertiary/aromatic N) is 2. The van der Waals surface area contributed by atoms with Gasteiger partial charge in [-0.05, 0) is 42.0 Å². The average Bonchev–Trinajstić information content (AvgIpc) is 3.01. The van der Waals surface area contributed by atoms with Crippen LogP contribution in [-0.4, -0.2) is 9.78 Å². The molecule has 1 radical (unpaired) electrons. The normalized spacial score (nSPS) is 10.3. The Hall–Kier alpha value is -2.55. The first-order valence-electron chi connectivity index (χ1n) is 6.10. The molecule has 1 heterocycles. The topological polar surface area (TPSA) is 27.1 Å². The summed E-state index contributed by atoms with van der Waals surface area (Å²) in [5, 5.41) is 4.19. The first-order chi connectivity index (χ1) is 9.42. The molecule has 93 valence electrons. The summed E-state index contributed by atoms with van der Waals surface area (Å²) in [5.41, 5.74) is 2.17. The molecule has 2 aromatic carbocycles. The average molecular weight is 249 g/mol. The molecule has 0 aliphatic rings. The molecule has 0 atom stereocenters. The van der Waals surface area contributed by atoms with E-state index < -0.39 is 0 Å². The highest BCUT2D eigenvalue weighted by atomic mass is 16.5. The van der Waals surface area contributed by atoms with E-state index in [0.29, 0.717) is 6.61 Å². The summed E-state index contributed by atoms with van der Waals surface area (Å²) >= 11 is 0. The number of hydrogen-bond acceptors (Lipinski definition) is 2. The standard InChI is InChI=1S/C16H13N2O/c1-2-5-16(6-3-1)19-13-14-7-9-15(10-8-14)18-12-4-11-17-18/h1-2,4-12H,13H2.